The van der Waals surface area contributed by atoms with Gasteiger partial charge in [0.2, 0.25) is 0 Å². The summed E-state index contributed by atoms with van der Waals surface area (Å²) in [5.74, 6) is -0.430. The van der Waals surface area contributed by atoms with Crippen LogP contribution in [0.2, 0.25) is 0 Å². The number of halogens is 2. The van der Waals surface area contributed by atoms with E-state index in [-0.39, 0.29) is 29.0 Å². The molecule has 0 saturated heterocycles. The summed E-state index contributed by atoms with van der Waals surface area (Å²) in [6.45, 7) is -2.98. The normalized spacial score (nSPS) is 10.8. The number of nitrogens with one attached hydrogen (secondary N) is 1. The lowest BCUT2D eigenvalue weighted by Gasteiger charge is -2.20. The molecule has 3 aromatic carbocycles. The van der Waals surface area contributed by atoms with Crippen LogP contribution in [0.4, 0.5) is 8.78 Å². The van der Waals surface area contributed by atoms with E-state index in [1.54, 1.807) is 0 Å². The largest absolute Gasteiger partial charge is 0.493 e. The second kappa shape index (κ2) is 8.99. The molecule has 0 spiro atoms. The van der Waals surface area contributed by atoms with Crippen molar-refractivity contribution in [3.05, 3.63) is 95.6 Å². The second-order valence-corrected chi connectivity index (χ2v) is 5.97. The van der Waals surface area contributed by atoms with Crippen LogP contribution in [0.15, 0.2) is 78.9 Å². The summed E-state index contributed by atoms with van der Waals surface area (Å²) in [5.41, 5.74) is 2.12. The maximum Gasteiger partial charge on any atom is 0.387 e. The molecule has 0 aromatic heterocycles. The molecule has 0 fully saturated rings. The Morgan fingerprint density at radius 3 is 1.93 bits per heavy atom. The van der Waals surface area contributed by atoms with Crippen molar-refractivity contribution < 1.29 is 23.0 Å². The molecule has 28 heavy (non-hydrogen) atoms. The third kappa shape index (κ3) is 4.65. The molecule has 0 heterocycles. The van der Waals surface area contributed by atoms with Crippen LogP contribution in [0.3, 0.4) is 0 Å². The summed E-state index contributed by atoms with van der Waals surface area (Å²) >= 11 is 0. The van der Waals surface area contributed by atoms with Gasteiger partial charge in [-0.15, -0.1) is 0 Å². The predicted octanol–water partition coefficient (Wildman–Crippen LogP) is 4.82. The zero-order valence-corrected chi connectivity index (χ0v) is 15.1. The van der Waals surface area contributed by atoms with Crippen LogP contribution in [0.5, 0.6) is 11.5 Å². The number of rotatable bonds is 7. The Kier molecular flexibility index (Phi) is 6.22. The molecule has 1 N–H and O–H groups in total. The first-order valence-electron chi connectivity index (χ1n) is 8.62. The van der Waals surface area contributed by atoms with E-state index in [4.69, 9.17) is 4.74 Å². The predicted molar refractivity (Wildman–Crippen MR) is 102 cm³/mol. The van der Waals surface area contributed by atoms with Crippen molar-refractivity contribution in [1.82, 2.24) is 5.32 Å². The Labute approximate surface area is 161 Å². The SMILES string of the molecule is COc1cc(C(=O)NC(c2ccccc2)c2ccccc2)ccc1OC(F)F. The summed E-state index contributed by atoms with van der Waals surface area (Å²) in [4.78, 5) is 12.8. The Hall–Kier alpha value is -3.41. The average molecular weight is 383 g/mol. The highest BCUT2D eigenvalue weighted by molar-refractivity contribution is 5.95. The Balaban J connectivity index is 1.88. The summed E-state index contributed by atoms with van der Waals surface area (Å²) < 4.78 is 34.4. The van der Waals surface area contributed by atoms with E-state index in [2.05, 4.69) is 10.1 Å². The minimum atomic E-state index is -2.98. The van der Waals surface area contributed by atoms with Crippen LogP contribution < -0.4 is 14.8 Å². The first kappa shape index (κ1) is 19.4. The van der Waals surface area contributed by atoms with Gasteiger partial charge in [0.25, 0.3) is 5.91 Å². The maximum absolute atomic E-state index is 12.8. The molecule has 0 aliphatic rings. The third-order valence-corrected chi connectivity index (χ3v) is 4.18. The monoisotopic (exact) mass is 383 g/mol. The van der Waals surface area contributed by atoms with E-state index < -0.39 is 6.61 Å². The van der Waals surface area contributed by atoms with Gasteiger partial charge in [-0.2, -0.15) is 8.78 Å². The van der Waals surface area contributed by atoms with Gasteiger partial charge in [0.1, 0.15) is 0 Å². The van der Waals surface area contributed by atoms with Gasteiger partial charge in [-0.25, -0.2) is 0 Å². The highest BCUT2D eigenvalue weighted by Crippen LogP contribution is 2.30. The maximum atomic E-state index is 12.8. The van der Waals surface area contributed by atoms with Crippen LogP contribution in [-0.2, 0) is 0 Å². The Morgan fingerprint density at radius 1 is 0.857 bits per heavy atom. The molecule has 0 bridgehead atoms. The number of benzene rings is 3. The molecular formula is C22H19F2NO3. The minimum Gasteiger partial charge on any atom is -0.493 e. The third-order valence-electron chi connectivity index (χ3n) is 4.18. The summed E-state index contributed by atoms with van der Waals surface area (Å²) in [7, 11) is 1.33. The van der Waals surface area contributed by atoms with Crippen molar-refractivity contribution >= 4 is 5.91 Å². The standard InChI is InChI=1S/C22H19F2NO3/c1-27-19-14-17(12-13-18(19)28-22(23)24)21(26)25-20(15-8-4-2-5-9-15)16-10-6-3-7-11-16/h2-14,20,22H,1H3,(H,25,26). The number of amides is 1. The topological polar surface area (TPSA) is 47.6 Å². The van der Waals surface area contributed by atoms with E-state index in [1.807, 2.05) is 60.7 Å². The van der Waals surface area contributed by atoms with Gasteiger partial charge >= 0.3 is 6.61 Å². The van der Waals surface area contributed by atoms with Gasteiger partial charge in [-0.3, -0.25) is 4.79 Å². The van der Waals surface area contributed by atoms with E-state index in [0.717, 1.165) is 11.1 Å². The smallest absolute Gasteiger partial charge is 0.387 e. The molecule has 144 valence electrons. The second-order valence-electron chi connectivity index (χ2n) is 5.97. The number of methoxy groups -OCH3 is 1. The molecule has 1 amide bonds. The van der Waals surface area contributed by atoms with Crippen LogP contribution in [0.1, 0.15) is 27.5 Å². The van der Waals surface area contributed by atoms with Gasteiger partial charge in [0.15, 0.2) is 11.5 Å². The average Bonchev–Trinajstić information content (AvgIpc) is 2.73. The van der Waals surface area contributed by atoms with Gasteiger partial charge in [-0.1, -0.05) is 60.7 Å². The molecule has 3 aromatic rings. The molecular weight excluding hydrogens is 364 g/mol. The number of ether oxygens (including phenoxy) is 2. The number of carbonyl (C=O) groups is 1. The van der Waals surface area contributed by atoms with E-state index in [0.29, 0.717) is 0 Å². The lowest BCUT2D eigenvalue weighted by Crippen LogP contribution is -2.29. The first-order valence-corrected chi connectivity index (χ1v) is 8.62. The fourth-order valence-electron chi connectivity index (χ4n) is 2.87. The lowest BCUT2D eigenvalue weighted by molar-refractivity contribution is -0.0512. The molecule has 4 nitrogen and oxygen atoms in total. The van der Waals surface area contributed by atoms with Gasteiger partial charge in [0.05, 0.1) is 13.2 Å². The van der Waals surface area contributed by atoms with Gasteiger partial charge < -0.3 is 14.8 Å². The minimum absolute atomic E-state index is 0.0592. The van der Waals surface area contributed by atoms with Gasteiger partial charge in [-0.05, 0) is 29.3 Å². The molecule has 3 rings (SSSR count). The molecule has 0 aliphatic heterocycles. The van der Waals surface area contributed by atoms with Gasteiger partial charge in [0, 0.05) is 5.56 Å². The lowest BCUT2D eigenvalue weighted by atomic mass is 9.98. The molecule has 0 saturated carbocycles. The molecule has 0 unspecified atom stereocenters. The van der Waals surface area contributed by atoms with E-state index in [9.17, 15) is 13.6 Å². The number of hydrogen-bond acceptors (Lipinski definition) is 3. The summed E-state index contributed by atoms with van der Waals surface area (Å²) in [6, 6.07) is 22.8. The zero-order chi connectivity index (χ0) is 19.9. The highest BCUT2D eigenvalue weighted by atomic mass is 19.3. The van der Waals surface area contributed by atoms with Crippen molar-refractivity contribution in [3.8, 4) is 11.5 Å². The molecule has 6 heteroatoms. The van der Waals surface area contributed by atoms with Crippen LogP contribution in [0, 0.1) is 0 Å². The highest BCUT2D eigenvalue weighted by Gasteiger charge is 2.19. The van der Waals surface area contributed by atoms with Crippen molar-refractivity contribution in [2.45, 2.75) is 12.7 Å². The number of alkyl halides is 2. The quantitative estimate of drug-likeness (QED) is 0.637. The van der Waals surface area contributed by atoms with Crippen molar-refractivity contribution in [2.75, 3.05) is 7.11 Å². The molecule has 0 aliphatic carbocycles. The fourth-order valence-corrected chi connectivity index (χ4v) is 2.87. The molecule has 0 radical (unpaired) electrons. The van der Waals surface area contributed by atoms with E-state index >= 15 is 0 Å². The fraction of sp³-hybridized carbons (Fsp3) is 0.136. The van der Waals surface area contributed by atoms with Crippen molar-refractivity contribution in [3.63, 3.8) is 0 Å². The zero-order valence-electron chi connectivity index (χ0n) is 15.1. The number of carbonyl (C=O) groups excluding carboxylic acids is 1. The van der Waals surface area contributed by atoms with Crippen molar-refractivity contribution in [1.29, 1.82) is 0 Å². The summed E-state index contributed by atoms with van der Waals surface area (Å²) in [5, 5.41) is 2.99. The van der Waals surface area contributed by atoms with E-state index in [1.165, 1.54) is 25.3 Å². The van der Waals surface area contributed by atoms with Crippen LogP contribution >= 0.6 is 0 Å². The van der Waals surface area contributed by atoms with Crippen LogP contribution in [0.25, 0.3) is 0 Å². The first-order chi connectivity index (χ1) is 13.6. The van der Waals surface area contributed by atoms with Crippen molar-refractivity contribution in [2.24, 2.45) is 0 Å². The van der Waals surface area contributed by atoms with Crippen LogP contribution in [-0.4, -0.2) is 19.6 Å². The Morgan fingerprint density at radius 2 is 1.43 bits per heavy atom. The molecule has 0 atom stereocenters. The number of hydrogen-bond donors (Lipinski definition) is 1. The summed E-state index contributed by atoms with van der Waals surface area (Å²) in [6.07, 6.45) is 0. The Bertz CT molecular complexity index is 878.